The van der Waals surface area contributed by atoms with Crippen molar-refractivity contribution in [2.75, 3.05) is 5.32 Å². The average molecular weight is 364 g/mol. The molecular formula is C16H14ClN3O3S. The van der Waals surface area contributed by atoms with Crippen LogP contribution in [-0.4, -0.2) is 15.9 Å². The second-order valence-corrected chi connectivity index (χ2v) is 6.02. The van der Waals surface area contributed by atoms with Crippen LogP contribution in [0.5, 0.6) is 0 Å². The van der Waals surface area contributed by atoms with Gasteiger partial charge in [0.1, 0.15) is 5.02 Å². The van der Waals surface area contributed by atoms with E-state index in [0.717, 1.165) is 11.1 Å². The van der Waals surface area contributed by atoms with Crippen LogP contribution in [0.3, 0.4) is 0 Å². The van der Waals surface area contributed by atoms with Crippen LogP contribution >= 0.6 is 23.8 Å². The quantitative estimate of drug-likeness (QED) is 0.489. The van der Waals surface area contributed by atoms with Gasteiger partial charge in [-0.1, -0.05) is 28.8 Å². The zero-order valence-electron chi connectivity index (χ0n) is 12.9. The molecule has 0 bridgehead atoms. The van der Waals surface area contributed by atoms with Gasteiger partial charge in [-0.05, 0) is 50.3 Å². The maximum absolute atomic E-state index is 12.2. The fourth-order valence-corrected chi connectivity index (χ4v) is 2.57. The molecule has 24 heavy (non-hydrogen) atoms. The molecule has 0 fully saturated rings. The van der Waals surface area contributed by atoms with Crippen LogP contribution in [0.15, 0.2) is 36.4 Å². The molecule has 0 atom stereocenters. The molecule has 2 N–H and O–H groups in total. The van der Waals surface area contributed by atoms with E-state index in [0.29, 0.717) is 11.3 Å². The van der Waals surface area contributed by atoms with Crippen molar-refractivity contribution in [1.82, 2.24) is 5.32 Å². The summed E-state index contributed by atoms with van der Waals surface area (Å²) in [4.78, 5) is 22.5. The predicted molar refractivity (Wildman–Crippen MR) is 97.7 cm³/mol. The normalized spacial score (nSPS) is 10.1. The van der Waals surface area contributed by atoms with Crippen LogP contribution in [-0.2, 0) is 0 Å². The highest BCUT2D eigenvalue weighted by Gasteiger charge is 2.14. The third-order valence-corrected chi connectivity index (χ3v) is 3.64. The number of carbonyl (C=O) groups is 1. The molecule has 0 unspecified atom stereocenters. The minimum Gasteiger partial charge on any atom is -0.332 e. The standard InChI is InChI=1S/C16H14ClN3O3S/c1-9-5-10(2)7-11(6-9)15(21)19-16(24)18-12-3-4-13(17)14(8-12)20(22)23/h3-8H,1-2H3,(H2,18,19,21,24). The van der Waals surface area contributed by atoms with Crippen LogP contribution < -0.4 is 10.6 Å². The molecule has 0 aromatic heterocycles. The molecule has 0 spiro atoms. The maximum Gasteiger partial charge on any atom is 0.289 e. The smallest absolute Gasteiger partial charge is 0.289 e. The highest BCUT2D eigenvalue weighted by atomic mass is 35.5. The number of carbonyl (C=O) groups excluding carboxylic acids is 1. The van der Waals surface area contributed by atoms with Gasteiger partial charge in [0.25, 0.3) is 11.6 Å². The molecule has 0 saturated carbocycles. The molecule has 6 nitrogen and oxygen atoms in total. The Kier molecular flexibility index (Phi) is 5.48. The second-order valence-electron chi connectivity index (χ2n) is 5.21. The minimum atomic E-state index is -0.593. The largest absolute Gasteiger partial charge is 0.332 e. The van der Waals surface area contributed by atoms with Gasteiger partial charge in [-0.15, -0.1) is 0 Å². The van der Waals surface area contributed by atoms with Crippen LogP contribution in [0.2, 0.25) is 5.02 Å². The van der Waals surface area contributed by atoms with E-state index in [4.69, 9.17) is 23.8 Å². The van der Waals surface area contributed by atoms with Gasteiger partial charge in [-0.2, -0.15) is 0 Å². The summed E-state index contributed by atoms with van der Waals surface area (Å²) < 4.78 is 0. The number of nitrogens with one attached hydrogen (secondary N) is 2. The number of halogens is 1. The first-order chi connectivity index (χ1) is 11.3. The third kappa shape index (κ3) is 4.50. The number of aryl methyl sites for hydroxylation is 2. The molecule has 1 amide bonds. The summed E-state index contributed by atoms with van der Waals surface area (Å²) in [6.45, 7) is 3.79. The first kappa shape index (κ1) is 17.8. The molecule has 124 valence electrons. The van der Waals surface area contributed by atoms with Gasteiger partial charge in [0.05, 0.1) is 4.92 Å². The Morgan fingerprint density at radius 2 is 1.79 bits per heavy atom. The van der Waals surface area contributed by atoms with Crippen LogP contribution in [0.1, 0.15) is 21.5 Å². The summed E-state index contributed by atoms with van der Waals surface area (Å²) in [5, 5.41) is 16.2. The number of rotatable bonds is 3. The number of anilines is 1. The summed E-state index contributed by atoms with van der Waals surface area (Å²) in [5.41, 5.74) is 2.53. The second kappa shape index (κ2) is 7.37. The van der Waals surface area contributed by atoms with Crippen LogP contribution in [0, 0.1) is 24.0 Å². The lowest BCUT2D eigenvalue weighted by Gasteiger charge is -2.10. The summed E-state index contributed by atoms with van der Waals surface area (Å²) in [5.74, 6) is -0.359. The van der Waals surface area contributed by atoms with E-state index in [2.05, 4.69) is 10.6 Å². The van der Waals surface area contributed by atoms with Gasteiger partial charge < -0.3 is 5.32 Å². The fraction of sp³-hybridized carbons (Fsp3) is 0.125. The number of benzene rings is 2. The van der Waals surface area contributed by atoms with E-state index in [1.807, 2.05) is 19.9 Å². The number of nitrogens with zero attached hydrogens (tertiary/aromatic N) is 1. The van der Waals surface area contributed by atoms with Crippen LogP contribution in [0.4, 0.5) is 11.4 Å². The fourth-order valence-electron chi connectivity index (χ4n) is 2.17. The molecule has 8 heteroatoms. The van der Waals surface area contributed by atoms with Gasteiger partial charge in [-0.25, -0.2) is 0 Å². The Morgan fingerprint density at radius 3 is 2.38 bits per heavy atom. The summed E-state index contributed by atoms with van der Waals surface area (Å²) in [7, 11) is 0. The number of hydrogen-bond donors (Lipinski definition) is 2. The topological polar surface area (TPSA) is 84.3 Å². The Balaban J connectivity index is 2.09. The Bertz CT molecular complexity index is 819. The lowest BCUT2D eigenvalue weighted by Crippen LogP contribution is -2.34. The van der Waals surface area contributed by atoms with Crippen molar-refractivity contribution >= 4 is 46.2 Å². The summed E-state index contributed by atoms with van der Waals surface area (Å²) in [6, 6.07) is 9.62. The van der Waals surface area contributed by atoms with Crippen molar-refractivity contribution in [3.63, 3.8) is 0 Å². The van der Waals surface area contributed by atoms with Crippen molar-refractivity contribution in [3.8, 4) is 0 Å². The summed E-state index contributed by atoms with van der Waals surface area (Å²) in [6.07, 6.45) is 0. The number of amides is 1. The highest BCUT2D eigenvalue weighted by molar-refractivity contribution is 7.80. The molecule has 2 rings (SSSR count). The van der Waals surface area contributed by atoms with Gasteiger partial charge >= 0.3 is 0 Å². The molecule has 0 aliphatic rings. The molecular weight excluding hydrogens is 350 g/mol. The van der Waals surface area contributed by atoms with Gasteiger partial charge in [0.2, 0.25) is 0 Å². The van der Waals surface area contributed by atoms with E-state index < -0.39 is 4.92 Å². The molecule has 0 aliphatic carbocycles. The average Bonchev–Trinajstić information content (AvgIpc) is 2.47. The monoisotopic (exact) mass is 363 g/mol. The van der Waals surface area contributed by atoms with E-state index in [1.54, 1.807) is 12.1 Å². The van der Waals surface area contributed by atoms with Crippen molar-refractivity contribution in [2.45, 2.75) is 13.8 Å². The number of thiocarbonyl (C=S) groups is 1. The Morgan fingerprint density at radius 1 is 1.17 bits per heavy atom. The lowest BCUT2D eigenvalue weighted by molar-refractivity contribution is -0.384. The SMILES string of the molecule is Cc1cc(C)cc(C(=O)NC(=S)Nc2ccc(Cl)c([N+](=O)[O-])c2)c1. The molecule has 0 radical (unpaired) electrons. The number of hydrogen-bond acceptors (Lipinski definition) is 4. The lowest BCUT2D eigenvalue weighted by atomic mass is 10.1. The first-order valence-corrected chi connectivity index (χ1v) is 7.69. The molecule has 0 saturated heterocycles. The van der Waals surface area contributed by atoms with Crippen molar-refractivity contribution in [2.24, 2.45) is 0 Å². The summed E-state index contributed by atoms with van der Waals surface area (Å²) >= 11 is 10.8. The van der Waals surface area contributed by atoms with E-state index in [1.165, 1.54) is 18.2 Å². The van der Waals surface area contributed by atoms with Crippen molar-refractivity contribution in [1.29, 1.82) is 0 Å². The Hall–Kier alpha value is -2.51. The maximum atomic E-state index is 12.2. The van der Waals surface area contributed by atoms with E-state index in [-0.39, 0.29) is 21.7 Å². The molecule has 2 aromatic rings. The molecule has 2 aromatic carbocycles. The van der Waals surface area contributed by atoms with Crippen molar-refractivity contribution < 1.29 is 9.72 Å². The minimum absolute atomic E-state index is 0.0238. The number of nitro groups is 1. The van der Waals surface area contributed by atoms with Gasteiger partial charge in [0, 0.05) is 17.3 Å². The number of nitro benzene ring substituents is 1. The van der Waals surface area contributed by atoms with E-state index in [9.17, 15) is 14.9 Å². The zero-order valence-corrected chi connectivity index (χ0v) is 14.5. The Labute approximate surface area is 149 Å². The first-order valence-electron chi connectivity index (χ1n) is 6.91. The van der Waals surface area contributed by atoms with Gasteiger partial charge in [0.15, 0.2) is 5.11 Å². The molecule has 0 aliphatic heterocycles. The predicted octanol–water partition coefficient (Wildman–Crippen LogP) is 3.99. The zero-order chi connectivity index (χ0) is 17.9. The van der Waals surface area contributed by atoms with Gasteiger partial charge in [-0.3, -0.25) is 20.2 Å². The molecule has 0 heterocycles. The third-order valence-electron chi connectivity index (χ3n) is 3.11. The van der Waals surface area contributed by atoms with Crippen molar-refractivity contribution in [3.05, 3.63) is 68.2 Å². The highest BCUT2D eigenvalue weighted by Crippen LogP contribution is 2.27. The van der Waals surface area contributed by atoms with Crippen LogP contribution in [0.25, 0.3) is 0 Å². The van der Waals surface area contributed by atoms with E-state index >= 15 is 0 Å².